The summed E-state index contributed by atoms with van der Waals surface area (Å²) in [7, 11) is 0. The summed E-state index contributed by atoms with van der Waals surface area (Å²) in [6.45, 7) is 4.49. The Hall–Kier alpha value is -1.84. The highest BCUT2D eigenvalue weighted by Crippen LogP contribution is 2.08. The molecule has 0 spiro atoms. The Kier molecular flexibility index (Phi) is 2.67. The van der Waals surface area contributed by atoms with Gasteiger partial charge in [-0.3, -0.25) is 0 Å². The van der Waals surface area contributed by atoms with Crippen LogP contribution in [0.2, 0.25) is 0 Å². The van der Waals surface area contributed by atoms with Crippen molar-refractivity contribution in [3.05, 3.63) is 41.6 Å². The number of nitrogens with zero attached hydrogens (tertiary/aromatic N) is 2. The first-order valence-electron chi connectivity index (χ1n) is 4.82. The lowest BCUT2D eigenvalue weighted by Crippen LogP contribution is -2.02. The molecule has 0 saturated carbocycles. The fraction of sp³-hybridized carbons (Fsp3) is 0.273. The number of anilines is 1. The van der Waals surface area contributed by atoms with E-state index in [-0.39, 0.29) is 0 Å². The maximum atomic E-state index is 5.41. The lowest BCUT2D eigenvalue weighted by atomic mass is 10.4. The van der Waals surface area contributed by atoms with Gasteiger partial charge in [0.2, 0.25) is 5.95 Å². The third-order valence-corrected chi connectivity index (χ3v) is 2.00. The SMILES string of the molecule is Cc1cnc(NCc2ccc(C)o2)nc1. The van der Waals surface area contributed by atoms with E-state index < -0.39 is 0 Å². The molecule has 0 saturated heterocycles. The lowest BCUT2D eigenvalue weighted by Gasteiger charge is -2.01. The molecular formula is C11H13N3O. The fourth-order valence-electron chi connectivity index (χ4n) is 1.23. The van der Waals surface area contributed by atoms with Crippen LogP contribution in [0.25, 0.3) is 0 Å². The van der Waals surface area contributed by atoms with Gasteiger partial charge in [-0.05, 0) is 31.5 Å². The molecule has 0 amide bonds. The van der Waals surface area contributed by atoms with Crippen LogP contribution in [0.5, 0.6) is 0 Å². The molecule has 0 unspecified atom stereocenters. The highest BCUT2D eigenvalue weighted by Gasteiger charge is 1.99. The monoisotopic (exact) mass is 203 g/mol. The number of hydrogen-bond acceptors (Lipinski definition) is 4. The van der Waals surface area contributed by atoms with Crippen LogP contribution >= 0.6 is 0 Å². The first-order chi connectivity index (χ1) is 7.24. The van der Waals surface area contributed by atoms with E-state index in [4.69, 9.17) is 4.42 Å². The predicted octanol–water partition coefficient (Wildman–Crippen LogP) is 2.30. The molecule has 0 radical (unpaired) electrons. The Morgan fingerprint density at radius 2 is 1.93 bits per heavy atom. The molecule has 4 nitrogen and oxygen atoms in total. The molecule has 0 aliphatic carbocycles. The summed E-state index contributed by atoms with van der Waals surface area (Å²) >= 11 is 0. The van der Waals surface area contributed by atoms with Crippen LogP contribution in [0, 0.1) is 13.8 Å². The van der Waals surface area contributed by atoms with Crippen molar-refractivity contribution in [3.63, 3.8) is 0 Å². The van der Waals surface area contributed by atoms with Crippen molar-refractivity contribution in [1.82, 2.24) is 9.97 Å². The van der Waals surface area contributed by atoms with E-state index in [2.05, 4.69) is 15.3 Å². The van der Waals surface area contributed by atoms with Crippen molar-refractivity contribution in [2.24, 2.45) is 0 Å². The topological polar surface area (TPSA) is 51.0 Å². The second kappa shape index (κ2) is 4.13. The zero-order valence-electron chi connectivity index (χ0n) is 8.82. The van der Waals surface area contributed by atoms with E-state index >= 15 is 0 Å². The average molecular weight is 203 g/mol. The summed E-state index contributed by atoms with van der Waals surface area (Å²) in [4.78, 5) is 8.27. The van der Waals surface area contributed by atoms with Gasteiger partial charge in [-0.2, -0.15) is 0 Å². The molecule has 0 aliphatic rings. The van der Waals surface area contributed by atoms with Crippen LogP contribution in [0.4, 0.5) is 5.95 Å². The quantitative estimate of drug-likeness (QED) is 0.831. The summed E-state index contributed by atoms with van der Waals surface area (Å²) in [5, 5.41) is 3.09. The maximum absolute atomic E-state index is 5.41. The van der Waals surface area contributed by atoms with Crippen LogP contribution < -0.4 is 5.32 Å². The number of aryl methyl sites for hydroxylation is 2. The first-order valence-corrected chi connectivity index (χ1v) is 4.82. The number of nitrogens with one attached hydrogen (secondary N) is 1. The summed E-state index contributed by atoms with van der Waals surface area (Å²) in [6, 6.07) is 3.88. The zero-order chi connectivity index (χ0) is 10.7. The largest absolute Gasteiger partial charge is 0.465 e. The second-order valence-electron chi connectivity index (χ2n) is 3.45. The molecule has 0 fully saturated rings. The van der Waals surface area contributed by atoms with Gasteiger partial charge in [0, 0.05) is 12.4 Å². The van der Waals surface area contributed by atoms with E-state index in [1.807, 2.05) is 26.0 Å². The maximum Gasteiger partial charge on any atom is 0.222 e. The van der Waals surface area contributed by atoms with Gasteiger partial charge in [-0.25, -0.2) is 9.97 Å². The Morgan fingerprint density at radius 3 is 2.53 bits per heavy atom. The summed E-state index contributed by atoms with van der Waals surface area (Å²) in [5.41, 5.74) is 1.05. The fourth-order valence-corrected chi connectivity index (χ4v) is 1.23. The Bertz CT molecular complexity index is 433. The molecule has 1 N–H and O–H groups in total. The minimum Gasteiger partial charge on any atom is -0.465 e. The van der Waals surface area contributed by atoms with Gasteiger partial charge >= 0.3 is 0 Å². The van der Waals surface area contributed by atoms with Crippen LogP contribution in [0.15, 0.2) is 28.9 Å². The van der Waals surface area contributed by atoms with E-state index in [0.29, 0.717) is 12.5 Å². The van der Waals surface area contributed by atoms with E-state index in [0.717, 1.165) is 17.1 Å². The van der Waals surface area contributed by atoms with Crippen molar-refractivity contribution in [2.45, 2.75) is 20.4 Å². The van der Waals surface area contributed by atoms with Crippen LogP contribution in [0.3, 0.4) is 0 Å². The molecule has 0 aromatic carbocycles. The Balaban J connectivity index is 1.96. The molecule has 2 rings (SSSR count). The smallest absolute Gasteiger partial charge is 0.222 e. The Labute approximate surface area is 88.4 Å². The van der Waals surface area contributed by atoms with E-state index in [1.165, 1.54) is 0 Å². The van der Waals surface area contributed by atoms with Gasteiger partial charge in [0.25, 0.3) is 0 Å². The van der Waals surface area contributed by atoms with E-state index in [1.54, 1.807) is 12.4 Å². The summed E-state index contributed by atoms with van der Waals surface area (Å²) < 4.78 is 5.41. The molecule has 2 aromatic heterocycles. The molecule has 2 aromatic rings. The Morgan fingerprint density at radius 1 is 1.20 bits per heavy atom. The van der Waals surface area contributed by atoms with Crippen LogP contribution in [0.1, 0.15) is 17.1 Å². The number of rotatable bonds is 3. The minimum atomic E-state index is 0.608. The van der Waals surface area contributed by atoms with Gasteiger partial charge in [-0.15, -0.1) is 0 Å². The van der Waals surface area contributed by atoms with Gasteiger partial charge in [0.1, 0.15) is 11.5 Å². The van der Waals surface area contributed by atoms with Gasteiger partial charge in [0.05, 0.1) is 6.54 Å². The van der Waals surface area contributed by atoms with Crippen molar-refractivity contribution >= 4 is 5.95 Å². The molecule has 4 heteroatoms. The molecule has 15 heavy (non-hydrogen) atoms. The highest BCUT2D eigenvalue weighted by molar-refractivity contribution is 5.25. The average Bonchev–Trinajstić information content (AvgIpc) is 2.64. The second-order valence-corrected chi connectivity index (χ2v) is 3.45. The van der Waals surface area contributed by atoms with Crippen molar-refractivity contribution < 1.29 is 4.42 Å². The van der Waals surface area contributed by atoms with Crippen LogP contribution in [-0.4, -0.2) is 9.97 Å². The third-order valence-electron chi connectivity index (χ3n) is 2.00. The van der Waals surface area contributed by atoms with Crippen molar-refractivity contribution in [3.8, 4) is 0 Å². The standard InChI is InChI=1S/C11H13N3O/c1-8-5-12-11(13-6-8)14-7-10-4-3-9(2)15-10/h3-6H,7H2,1-2H3,(H,12,13,14). The lowest BCUT2D eigenvalue weighted by molar-refractivity contribution is 0.490. The molecule has 0 bridgehead atoms. The number of furan rings is 1. The van der Waals surface area contributed by atoms with Gasteiger partial charge in [0.15, 0.2) is 0 Å². The predicted molar refractivity (Wildman–Crippen MR) is 57.5 cm³/mol. The first kappa shape index (κ1) is 9.71. The number of hydrogen-bond donors (Lipinski definition) is 1. The van der Waals surface area contributed by atoms with Gasteiger partial charge in [-0.1, -0.05) is 0 Å². The molecular weight excluding hydrogens is 190 g/mol. The minimum absolute atomic E-state index is 0.608. The zero-order valence-corrected chi connectivity index (χ0v) is 8.82. The molecule has 0 aliphatic heterocycles. The normalized spacial score (nSPS) is 10.3. The molecule has 2 heterocycles. The van der Waals surface area contributed by atoms with Crippen LogP contribution in [-0.2, 0) is 6.54 Å². The van der Waals surface area contributed by atoms with E-state index in [9.17, 15) is 0 Å². The summed E-state index contributed by atoms with van der Waals surface area (Å²) in [6.07, 6.45) is 3.56. The number of aromatic nitrogens is 2. The summed E-state index contributed by atoms with van der Waals surface area (Å²) in [5.74, 6) is 2.42. The molecule has 0 atom stereocenters. The van der Waals surface area contributed by atoms with Gasteiger partial charge < -0.3 is 9.73 Å². The van der Waals surface area contributed by atoms with Crippen molar-refractivity contribution in [2.75, 3.05) is 5.32 Å². The highest BCUT2D eigenvalue weighted by atomic mass is 16.3. The molecule has 78 valence electrons. The van der Waals surface area contributed by atoms with Crippen molar-refractivity contribution in [1.29, 1.82) is 0 Å². The third kappa shape index (κ3) is 2.56.